The van der Waals surface area contributed by atoms with E-state index in [9.17, 15) is 9.59 Å². The van der Waals surface area contributed by atoms with E-state index in [1.165, 1.54) is 0 Å². The number of amides is 1. The molecule has 6 heteroatoms. The summed E-state index contributed by atoms with van der Waals surface area (Å²) in [4.78, 5) is 33.3. The van der Waals surface area contributed by atoms with Gasteiger partial charge in [-0.05, 0) is 28.8 Å². The number of rotatable bonds is 7. The van der Waals surface area contributed by atoms with Crippen molar-refractivity contribution in [2.75, 3.05) is 0 Å². The van der Waals surface area contributed by atoms with Gasteiger partial charge in [-0.2, -0.15) is 0 Å². The highest BCUT2D eigenvalue weighted by Gasteiger charge is 2.58. The molecule has 1 aliphatic heterocycles. The number of hydrogen-bond donors (Lipinski definition) is 1. The Morgan fingerprint density at radius 2 is 1.36 bits per heavy atom. The third-order valence-corrected chi connectivity index (χ3v) is 6.73. The third-order valence-electron chi connectivity index (χ3n) is 6.40. The highest BCUT2D eigenvalue weighted by molar-refractivity contribution is 6.33. The van der Waals surface area contributed by atoms with Crippen LogP contribution in [0, 0.1) is 0 Å². The summed E-state index contributed by atoms with van der Waals surface area (Å²) in [6.07, 6.45) is 0.244. The molecule has 0 unspecified atom stereocenters. The van der Waals surface area contributed by atoms with Crippen molar-refractivity contribution in [3.05, 3.63) is 143 Å². The van der Waals surface area contributed by atoms with Crippen molar-refractivity contribution < 1.29 is 14.4 Å². The smallest absolute Gasteiger partial charge is 0.353 e. The summed E-state index contributed by atoms with van der Waals surface area (Å²) in [5, 5.41) is 5.06. The fraction of sp³-hybridized carbons (Fsp3) is 0.133. The Labute approximate surface area is 215 Å². The van der Waals surface area contributed by atoms with Gasteiger partial charge in [0.1, 0.15) is 6.04 Å². The van der Waals surface area contributed by atoms with Crippen LogP contribution in [-0.4, -0.2) is 22.5 Å². The maximum Gasteiger partial charge on any atom is 0.353 e. The topological polar surface area (TPSA) is 58.6 Å². The molecule has 0 radical (unpaired) electrons. The average Bonchev–Trinajstić information content (AvgIpc) is 3.15. The van der Waals surface area contributed by atoms with E-state index in [0.29, 0.717) is 17.1 Å². The first-order valence-corrected chi connectivity index (χ1v) is 12.1. The summed E-state index contributed by atoms with van der Waals surface area (Å²) >= 11 is 6.35. The van der Waals surface area contributed by atoms with Gasteiger partial charge >= 0.3 is 5.97 Å². The zero-order chi connectivity index (χ0) is 25.0. The van der Waals surface area contributed by atoms with Crippen molar-refractivity contribution in [1.82, 2.24) is 10.4 Å². The summed E-state index contributed by atoms with van der Waals surface area (Å²) in [7, 11) is 0. The summed E-state index contributed by atoms with van der Waals surface area (Å²) in [6, 6.07) is 35.3. The fourth-order valence-electron chi connectivity index (χ4n) is 4.74. The van der Waals surface area contributed by atoms with Crippen molar-refractivity contribution >= 4 is 23.5 Å². The van der Waals surface area contributed by atoms with Crippen LogP contribution < -0.4 is 5.32 Å². The normalized spacial score (nSPS) is 19.6. The number of nitrogens with zero attached hydrogens (tertiary/aromatic N) is 1. The van der Waals surface area contributed by atoms with Crippen LogP contribution in [0.1, 0.15) is 33.1 Å². The van der Waals surface area contributed by atoms with Gasteiger partial charge in [0.2, 0.25) is 0 Å². The van der Waals surface area contributed by atoms with Gasteiger partial charge in [0, 0.05) is 6.42 Å². The summed E-state index contributed by atoms with van der Waals surface area (Å²) in [5.41, 5.74) is 1.64. The Morgan fingerprint density at radius 3 is 2.00 bits per heavy atom. The van der Waals surface area contributed by atoms with Gasteiger partial charge < -0.3 is 10.2 Å². The van der Waals surface area contributed by atoms with Crippen LogP contribution in [0.4, 0.5) is 0 Å². The second-order valence-electron chi connectivity index (χ2n) is 8.82. The van der Waals surface area contributed by atoms with Gasteiger partial charge in [-0.3, -0.25) is 4.79 Å². The van der Waals surface area contributed by atoms with Crippen LogP contribution in [-0.2, 0) is 22.6 Å². The maximum absolute atomic E-state index is 13.8. The first-order valence-electron chi connectivity index (χ1n) is 11.8. The molecule has 1 amide bonds. The van der Waals surface area contributed by atoms with Gasteiger partial charge in [0.15, 0.2) is 5.54 Å². The minimum Gasteiger partial charge on any atom is -0.365 e. The van der Waals surface area contributed by atoms with Crippen LogP contribution in [0.3, 0.4) is 0 Å². The highest BCUT2D eigenvalue weighted by atomic mass is 35.5. The maximum atomic E-state index is 13.8. The zero-order valence-corrected chi connectivity index (χ0v) is 20.3. The SMILES string of the molecule is O=C(N[C@]1(Cc2ccccc2)C(=O)ON(Cc2ccccc2)[C@H]1c1ccccc1)c1ccccc1Cl. The molecule has 1 fully saturated rings. The first-order chi connectivity index (χ1) is 17.6. The van der Waals surface area contributed by atoms with E-state index in [2.05, 4.69) is 5.32 Å². The lowest BCUT2D eigenvalue weighted by Crippen LogP contribution is -2.58. The van der Waals surface area contributed by atoms with Crippen LogP contribution in [0.25, 0.3) is 0 Å². The molecule has 0 spiro atoms. The Hall–Kier alpha value is -3.93. The molecule has 4 aromatic carbocycles. The summed E-state index contributed by atoms with van der Waals surface area (Å²) in [6.45, 7) is 0.366. The number of hydrogen-bond acceptors (Lipinski definition) is 4. The Morgan fingerprint density at radius 1 is 0.806 bits per heavy atom. The van der Waals surface area contributed by atoms with E-state index in [-0.39, 0.29) is 6.42 Å². The lowest BCUT2D eigenvalue weighted by Gasteiger charge is -2.34. The van der Waals surface area contributed by atoms with E-state index < -0.39 is 23.5 Å². The van der Waals surface area contributed by atoms with E-state index >= 15 is 0 Å². The molecule has 5 nitrogen and oxygen atoms in total. The van der Waals surface area contributed by atoms with Crippen molar-refractivity contribution in [3.8, 4) is 0 Å². The lowest BCUT2D eigenvalue weighted by atomic mass is 9.80. The van der Waals surface area contributed by atoms with Crippen molar-refractivity contribution in [2.24, 2.45) is 0 Å². The van der Waals surface area contributed by atoms with Gasteiger partial charge in [0.25, 0.3) is 5.91 Å². The van der Waals surface area contributed by atoms with Crippen molar-refractivity contribution in [2.45, 2.75) is 24.5 Å². The van der Waals surface area contributed by atoms with Crippen LogP contribution in [0.15, 0.2) is 115 Å². The number of carbonyl (C=O) groups is 2. The number of halogens is 1. The average molecular weight is 497 g/mol. The zero-order valence-electron chi connectivity index (χ0n) is 19.5. The molecule has 0 saturated carbocycles. The molecular formula is C30H25ClN2O3. The molecule has 5 rings (SSSR count). The molecule has 180 valence electrons. The molecule has 0 aromatic heterocycles. The predicted octanol–water partition coefficient (Wildman–Crippen LogP) is 5.77. The fourth-order valence-corrected chi connectivity index (χ4v) is 4.96. The number of benzene rings is 4. The van der Waals surface area contributed by atoms with Crippen molar-refractivity contribution in [3.63, 3.8) is 0 Å². The highest BCUT2D eigenvalue weighted by Crippen LogP contribution is 2.43. The molecule has 0 aliphatic carbocycles. The Balaban J connectivity index is 1.62. The lowest BCUT2D eigenvalue weighted by molar-refractivity contribution is -0.178. The van der Waals surface area contributed by atoms with Gasteiger partial charge in [0.05, 0.1) is 17.1 Å². The Kier molecular flexibility index (Phi) is 6.85. The molecule has 1 heterocycles. The van der Waals surface area contributed by atoms with E-state index in [4.69, 9.17) is 16.4 Å². The number of carbonyl (C=O) groups excluding carboxylic acids is 2. The first kappa shape index (κ1) is 23.8. The Bertz CT molecular complexity index is 1350. The predicted molar refractivity (Wildman–Crippen MR) is 139 cm³/mol. The second kappa shape index (κ2) is 10.4. The quantitative estimate of drug-likeness (QED) is 0.353. The van der Waals surface area contributed by atoms with Gasteiger partial charge in [-0.1, -0.05) is 115 Å². The van der Waals surface area contributed by atoms with E-state index in [1.54, 1.807) is 29.3 Å². The molecule has 2 atom stereocenters. The molecule has 4 aromatic rings. The molecule has 1 saturated heterocycles. The van der Waals surface area contributed by atoms with E-state index in [0.717, 1.165) is 16.7 Å². The standard InChI is InChI=1S/C30H25ClN2O3/c31-26-19-11-10-18-25(26)28(34)32-30(20-22-12-4-1-5-13-22)27(24-16-8-3-9-17-24)33(36-29(30)35)21-23-14-6-2-7-15-23/h1-19,27H,20-21H2,(H,32,34)/t27-,30-/m0/s1. The van der Waals surface area contributed by atoms with E-state index in [1.807, 2.05) is 91.0 Å². The summed E-state index contributed by atoms with van der Waals surface area (Å²) in [5.74, 6) is -0.951. The monoisotopic (exact) mass is 496 g/mol. The minimum absolute atomic E-state index is 0.244. The number of hydroxylamine groups is 2. The number of nitrogens with one attached hydrogen (secondary N) is 1. The second-order valence-corrected chi connectivity index (χ2v) is 9.23. The van der Waals surface area contributed by atoms with Crippen LogP contribution in [0.2, 0.25) is 5.02 Å². The van der Waals surface area contributed by atoms with Crippen LogP contribution >= 0.6 is 11.6 Å². The molecule has 1 N–H and O–H groups in total. The minimum atomic E-state index is -1.40. The third kappa shape index (κ3) is 4.76. The molecule has 0 bridgehead atoms. The molecular weight excluding hydrogens is 472 g/mol. The largest absolute Gasteiger partial charge is 0.365 e. The van der Waals surface area contributed by atoms with Gasteiger partial charge in [-0.15, -0.1) is 5.06 Å². The summed E-state index contributed by atoms with van der Waals surface area (Å²) < 4.78 is 0. The van der Waals surface area contributed by atoms with Crippen LogP contribution in [0.5, 0.6) is 0 Å². The van der Waals surface area contributed by atoms with Crippen molar-refractivity contribution in [1.29, 1.82) is 0 Å². The molecule has 36 heavy (non-hydrogen) atoms. The van der Waals surface area contributed by atoms with Gasteiger partial charge in [-0.25, -0.2) is 4.79 Å². The molecule has 1 aliphatic rings.